The Kier molecular flexibility index (Phi) is 3.41. The van der Waals surface area contributed by atoms with E-state index in [1.807, 2.05) is 0 Å². The zero-order valence-corrected chi connectivity index (χ0v) is 9.28. The molecule has 0 spiro atoms. The molecule has 3 nitrogen and oxygen atoms in total. The first kappa shape index (κ1) is 11.4. The van der Waals surface area contributed by atoms with E-state index in [-0.39, 0.29) is 23.7 Å². The Morgan fingerprint density at radius 1 is 1.50 bits per heavy atom. The van der Waals surface area contributed by atoms with Crippen molar-refractivity contribution in [3.63, 3.8) is 0 Å². The van der Waals surface area contributed by atoms with Gasteiger partial charge in [0, 0.05) is 12.6 Å². The molecule has 16 heavy (non-hydrogen) atoms. The van der Waals surface area contributed by atoms with Crippen LogP contribution in [0.3, 0.4) is 0 Å². The van der Waals surface area contributed by atoms with E-state index in [1.165, 1.54) is 0 Å². The van der Waals surface area contributed by atoms with Gasteiger partial charge in [-0.15, -0.1) is 0 Å². The lowest BCUT2D eigenvalue weighted by atomic mass is 10.1. The average molecular weight is 225 g/mol. The fraction of sp³-hybridized carbons (Fsp3) is 0.500. The molecular formula is C12H16FNO2. The first-order valence-corrected chi connectivity index (χ1v) is 5.43. The Balaban J connectivity index is 2.10. The van der Waals surface area contributed by atoms with Gasteiger partial charge in [-0.05, 0) is 25.0 Å². The minimum absolute atomic E-state index is 0.0892. The fourth-order valence-electron chi connectivity index (χ4n) is 1.72. The molecule has 1 aliphatic rings. The zero-order chi connectivity index (χ0) is 11.5. The van der Waals surface area contributed by atoms with E-state index >= 15 is 0 Å². The molecule has 88 valence electrons. The Morgan fingerprint density at radius 3 is 3.06 bits per heavy atom. The third-order valence-corrected chi connectivity index (χ3v) is 2.79. The van der Waals surface area contributed by atoms with Crippen LogP contribution in [0.5, 0.6) is 5.75 Å². The first-order chi connectivity index (χ1) is 7.68. The van der Waals surface area contributed by atoms with E-state index in [4.69, 9.17) is 15.2 Å². The van der Waals surface area contributed by atoms with Crippen LogP contribution in [0.4, 0.5) is 4.39 Å². The molecule has 0 amide bonds. The van der Waals surface area contributed by atoms with Crippen LogP contribution < -0.4 is 10.5 Å². The minimum Gasteiger partial charge on any atom is -0.483 e. The third kappa shape index (κ3) is 2.33. The Labute approximate surface area is 94.3 Å². The number of hydrogen-bond donors (Lipinski definition) is 1. The summed E-state index contributed by atoms with van der Waals surface area (Å²) in [6.07, 6.45) is 0.489. The second kappa shape index (κ2) is 4.80. The van der Waals surface area contributed by atoms with E-state index in [0.717, 1.165) is 6.42 Å². The second-order valence-electron chi connectivity index (χ2n) is 4.07. The molecule has 0 aliphatic carbocycles. The van der Waals surface area contributed by atoms with Crippen LogP contribution in [0.1, 0.15) is 12.0 Å². The smallest absolute Gasteiger partial charge is 0.167 e. The van der Waals surface area contributed by atoms with Gasteiger partial charge in [-0.3, -0.25) is 0 Å². The monoisotopic (exact) mass is 225 g/mol. The molecule has 1 aromatic rings. The topological polar surface area (TPSA) is 44.5 Å². The summed E-state index contributed by atoms with van der Waals surface area (Å²) in [5.41, 5.74) is 6.46. The van der Waals surface area contributed by atoms with Gasteiger partial charge in [-0.1, -0.05) is 12.1 Å². The molecule has 0 aromatic heterocycles. The maximum atomic E-state index is 13.7. The van der Waals surface area contributed by atoms with Crippen molar-refractivity contribution in [2.24, 2.45) is 5.73 Å². The molecule has 4 heteroatoms. The molecule has 1 saturated heterocycles. The predicted octanol–water partition coefficient (Wildman–Crippen LogP) is 1.63. The first-order valence-electron chi connectivity index (χ1n) is 5.43. The van der Waals surface area contributed by atoms with Gasteiger partial charge in [0.1, 0.15) is 6.10 Å². The molecule has 1 fully saturated rings. The van der Waals surface area contributed by atoms with Gasteiger partial charge in [0.2, 0.25) is 0 Å². The van der Waals surface area contributed by atoms with Gasteiger partial charge in [-0.25, -0.2) is 4.39 Å². The number of hydrogen-bond acceptors (Lipinski definition) is 3. The quantitative estimate of drug-likeness (QED) is 0.832. The van der Waals surface area contributed by atoms with Crippen molar-refractivity contribution in [1.29, 1.82) is 0 Å². The van der Waals surface area contributed by atoms with Crippen LogP contribution in [-0.2, 0) is 4.74 Å². The highest BCUT2D eigenvalue weighted by Crippen LogP contribution is 2.22. The van der Waals surface area contributed by atoms with Gasteiger partial charge in [0.05, 0.1) is 6.61 Å². The Bertz CT molecular complexity index is 370. The van der Waals surface area contributed by atoms with Crippen molar-refractivity contribution in [1.82, 2.24) is 0 Å². The number of aryl methyl sites for hydroxylation is 1. The molecule has 1 aliphatic heterocycles. The van der Waals surface area contributed by atoms with Crippen LogP contribution in [0.2, 0.25) is 0 Å². The van der Waals surface area contributed by atoms with E-state index in [2.05, 4.69) is 0 Å². The standard InChI is InChI=1S/C12H16FNO2/c1-8-3-2-4-10(12(8)13)16-11-7-15-6-5-9(11)14/h2-4,9,11H,5-7,14H2,1H3. The molecule has 0 saturated carbocycles. The molecule has 1 heterocycles. The lowest BCUT2D eigenvalue weighted by molar-refractivity contribution is -0.00683. The number of halogens is 1. The van der Waals surface area contributed by atoms with Crippen molar-refractivity contribution >= 4 is 0 Å². The van der Waals surface area contributed by atoms with Crippen molar-refractivity contribution in [2.45, 2.75) is 25.5 Å². The largest absolute Gasteiger partial charge is 0.483 e. The summed E-state index contributed by atoms with van der Waals surface area (Å²) in [6.45, 7) is 2.78. The molecule has 0 bridgehead atoms. The maximum absolute atomic E-state index is 13.7. The number of ether oxygens (including phenoxy) is 2. The average Bonchev–Trinajstić information content (AvgIpc) is 2.28. The summed E-state index contributed by atoms with van der Waals surface area (Å²) < 4.78 is 24.5. The highest BCUT2D eigenvalue weighted by atomic mass is 19.1. The van der Waals surface area contributed by atoms with E-state index in [0.29, 0.717) is 18.8 Å². The van der Waals surface area contributed by atoms with Crippen molar-refractivity contribution in [3.05, 3.63) is 29.6 Å². The number of benzene rings is 1. The SMILES string of the molecule is Cc1cccc(OC2COCCC2N)c1F. The van der Waals surface area contributed by atoms with Crippen LogP contribution in [0.25, 0.3) is 0 Å². The van der Waals surface area contributed by atoms with Gasteiger partial charge in [0.15, 0.2) is 11.6 Å². The molecule has 1 aromatic carbocycles. The maximum Gasteiger partial charge on any atom is 0.167 e. The number of nitrogens with two attached hydrogens (primary N) is 1. The molecule has 2 rings (SSSR count). The van der Waals surface area contributed by atoms with Gasteiger partial charge < -0.3 is 15.2 Å². The molecule has 2 atom stereocenters. The highest BCUT2D eigenvalue weighted by Gasteiger charge is 2.25. The van der Waals surface area contributed by atoms with E-state index in [9.17, 15) is 4.39 Å². The van der Waals surface area contributed by atoms with Crippen LogP contribution in [-0.4, -0.2) is 25.4 Å². The van der Waals surface area contributed by atoms with Crippen LogP contribution in [0.15, 0.2) is 18.2 Å². The lowest BCUT2D eigenvalue weighted by Gasteiger charge is -2.29. The van der Waals surface area contributed by atoms with Crippen LogP contribution >= 0.6 is 0 Å². The van der Waals surface area contributed by atoms with Crippen molar-refractivity contribution in [2.75, 3.05) is 13.2 Å². The summed E-state index contributed by atoms with van der Waals surface area (Å²) >= 11 is 0. The highest BCUT2D eigenvalue weighted by molar-refractivity contribution is 5.30. The fourth-order valence-corrected chi connectivity index (χ4v) is 1.72. The van der Waals surface area contributed by atoms with Crippen molar-refractivity contribution in [3.8, 4) is 5.75 Å². The summed E-state index contributed by atoms with van der Waals surface area (Å²) in [5.74, 6) is -0.0637. The molecule has 2 unspecified atom stereocenters. The second-order valence-corrected chi connectivity index (χ2v) is 4.07. The summed E-state index contributed by atoms with van der Waals surface area (Å²) in [5, 5.41) is 0. The predicted molar refractivity (Wildman–Crippen MR) is 59.0 cm³/mol. The summed E-state index contributed by atoms with van der Waals surface area (Å²) in [6, 6.07) is 5.00. The van der Waals surface area contributed by atoms with Gasteiger partial charge in [0.25, 0.3) is 0 Å². The van der Waals surface area contributed by atoms with Gasteiger partial charge >= 0.3 is 0 Å². The van der Waals surface area contributed by atoms with Gasteiger partial charge in [-0.2, -0.15) is 0 Å². The van der Waals surface area contributed by atoms with Crippen LogP contribution in [0, 0.1) is 12.7 Å². The normalized spacial score (nSPS) is 25.4. The zero-order valence-electron chi connectivity index (χ0n) is 9.28. The Morgan fingerprint density at radius 2 is 2.31 bits per heavy atom. The minimum atomic E-state index is -0.319. The lowest BCUT2D eigenvalue weighted by Crippen LogP contribution is -2.46. The molecule has 2 N–H and O–H groups in total. The summed E-state index contributed by atoms with van der Waals surface area (Å²) in [7, 11) is 0. The molecule has 0 radical (unpaired) electrons. The third-order valence-electron chi connectivity index (χ3n) is 2.79. The number of rotatable bonds is 2. The summed E-state index contributed by atoms with van der Waals surface area (Å²) in [4.78, 5) is 0. The Hall–Kier alpha value is -1.13. The van der Waals surface area contributed by atoms with Crippen molar-refractivity contribution < 1.29 is 13.9 Å². The molecular weight excluding hydrogens is 209 g/mol. The van der Waals surface area contributed by atoms with E-state index < -0.39 is 0 Å². The van der Waals surface area contributed by atoms with E-state index in [1.54, 1.807) is 25.1 Å².